The summed E-state index contributed by atoms with van der Waals surface area (Å²) in [6, 6.07) is 8.51. The number of hydrogen-bond acceptors (Lipinski definition) is 8. The summed E-state index contributed by atoms with van der Waals surface area (Å²) in [4.78, 5) is 48.6. The number of nitrogens with zero attached hydrogens (tertiary/aromatic N) is 3. The molecule has 0 bridgehead atoms. The first-order valence-corrected chi connectivity index (χ1v) is 12.2. The summed E-state index contributed by atoms with van der Waals surface area (Å²) in [6.07, 6.45) is 5.01. The average molecular weight is 495 g/mol. The number of carbonyl (C=O) groups excluding carboxylic acids is 3. The topological polar surface area (TPSA) is 123 Å². The second-order valence-corrected chi connectivity index (χ2v) is 9.51. The predicted octanol–water partition coefficient (Wildman–Crippen LogP) is 1.27. The Morgan fingerprint density at radius 2 is 1.94 bits per heavy atom. The first-order chi connectivity index (χ1) is 17.2. The molecular weight excluding hydrogens is 461 g/mol. The molecule has 1 aromatic heterocycles. The molecule has 2 amide bonds. The molecule has 11 heteroatoms. The number of nitrogens with one attached hydrogen (secondary N) is 2. The molecule has 1 fully saturated rings. The van der Waals surface area contributed by atoms with Gasteiger partial charge in [-0.3, -0.25) is 24.3 Å². The van der Waals surface area contributed by atoms with Gasteiger partial charge in [0.05, 0.1) is 18.7 Å². The zero-order valence-corrected chi connectivity index (χ0v) is 21.2. The normalized spacial score (nSPS) is 18.5. The Morgan fingerprint density at radius 3 is 2.61 bits per heavy atom. The monoisotopic (exact) mass is 495 g/mol. The molecule has 1 aliphatic rings. The van der Waals surface area contributed by atoms with Crippen LogP contribution in [0, 0.1) is 5.92 Å². The van der Waals surface area contributed by atoms with Crippen molar-refractivity contribution in [2.45, 2.75) is 51.6 Å². The lowest BCUT2D eigenvalue weighted by atomic mass is 9.73. The Hall–Kier alpha value is -3.31. The van der Waals surface area contributed by atoms with E-state index in [0.717, 1.165) is 5.56 Å². The second kappa shape index (κ2) is 13.1. The number of hydrogen-bond donors (Lipinski definition) is 2. The first-order valence-electron chi connectivity index (χ1n) is 12.2. The van der Waals surface area contributed by atoms with E-state index in [0.29, 0.717) is 13.0 Å². The van der Waals surface area contributed by atoms with Gasteiger partial charge >= 0.3 is 13.1 Å². The lowest BCUT2D eigenvalue weighted by molar-refractivity contribution is -0.139. The van der Waals surface area contributed by atoms with Crippen molar-refractivity contribution in [1.82, 2.24) is 25.5 Å². The van der Waals surface area contributed by atoms with Gasteiger partial charge < -0.3 is 19.9 Å². The number of benzene rings is 1. The number of amides is 2. The number of aromatic nitrogens is 2. The lowest BCUT2D eigenvalue weighted by Crippen LogP contribution is -2.58. The van der Waals surface area contributed by atoms with Crippen LogP contribution in [0.5, 0.6) is 0 Å². The van der Waals surface area contributed by atoms with Crippen molar-refractivity contribution < 1.29 is 23.7 Å². The maximum Gasteiger partial charge on any atom is 0.551 e. The molecule has 0 saturated carbocycles. The van der Waals surface area contributed by atoms with E-state index >= 15 is 0 Å². The van der Waals surface area contributed by atoms with Crippen molar-refractivity contribution in [3.8, 4) is 0 Å². The van der Waals surface area contributed by atoms with Gasteiger partial charge in [0.25, 0.3) is 5.91 Å². The fourth-order valence-corrected chi connectivity index (χ4v) is 3.86. The highest BCUT2D eigenvalue weighted by Gasteiger charge is 2.39. The van der Waals surface area contributed by atoms with E-state index < -0.39 is 36.9 Å². The van der Waals surface area contributed by atoms with Gasteiger partial charge in [-0.25, -0.2) is 4.98 Å². The Labute approximate surface area is 212 Å². The van der Waals surface area contributed by atoms with Gasteiger partial charge in [0, 0.05) is 31.5 Å². The smallest absolute Gasteiger partial charge is 0.507 e. The van der Waals surface area contributed by atoms with Gasteiger partial charge in [-0.15, -0.1) is 0 Å². The molecule has 2 aromatic rings. The minimum atomic E-state index is -0.937. The molecule has 0 aliphatic carbocycles. The highest BCUT2D eigenvalue weighted by atomic mass is 16.6. The number of likely N-dealkylation sites (N-methyl/N-ethyl adjacent to an activating group) is 1. The van der Waals surface area contributed by atoms with Crippen LogP contribution in [0.2, 0.25) is 0 Å². The third kappa shape index (κ3) is 8.13. The molecule has 1 aromatic carbocycles. The van der Waals surface area contributed by atoms with Crippen molar-refractivity contribution >= 4 is 24.9 Å². The maximum absolute atomic E-state index is 13.5. The fraction of sp³-hybridized carbons (Fsp3) is 0.480. The van der Waals surface area contributed by atoms with Crippen LogP contribution in [0.4, 0.5) is 0 Å². The van der Waals surface area contributed by atoms with Gasteiger partial charge in [0.1, 0.15) is 11.7 Å². The van der Waals surface area contributed by atoms with Gasteiger partial charge in [-0.1, -0.05) is 44.2 Å². The van der Waals surface area contributed by atoms with Crippen LogP contribution in [-0.4, -0.2) is 78.0 Å². The van der Waals surface area contributed by atoms with Crippen LogP contribution in [0.1, 0.15) is 43.2 Å². The highest BCUT2D eigenvalue weighted by molar-refractivity contribution is 6.49. The van der Waals surface area contributed by atoms with Crippen LogP contribution in [-0.2, 0) is 25.3 Å². The Bertz CT molecular complexity index is 1010. The van der Waals surface area contributed by atoms with Crippen molar-refractivity contribution in [1.29, 1.82) is 0 Å². The predicted molar refractivity (Wildman–Crippen MR) is 135 cm³/mol. The molecule has 0 spiro atoms. The molecule has 1 aliphatic heterocycles. The quantitative estimate of drug-likeness (QED) is 0.499. The Kier molecular flexibility index (Phi) is 9.95. The van der Waals surface area contributed by atoms with E-state index in [9.17, 15) is 14.4 Å². The van der Waals surface area contributed by atoms with Crippen LogP contribution in [0.3, 0.4) is 0 Å². The summed E-state index contributed by atoms with van der Waals surface area (Å²) in [6.45, 7) is 6.46. The first kappa shape index (κ1) is 27.3. The fourth-order valence-electron chi connectivity index (χ4n) is 3.86. The van der Waals surface area contributed by atoms with Gasteiger partial charge in [-0.05, 0) is 31.9 Å². The summed E-state index contributed by atoms with van der Waals surface area (Å²) in [5, 5.41) is 5.76. The highest BCUT2D eigenvalue weighted by Crippen LogP contribution is 2.14. The third-order valence-corrected chi connectivity index (χ3v) is 5.96. The van der Waals surface area contributed by atoms with E-state index in [4.69, 9.17) is 9.31 Å². The number of carbonyl (C=O) groups is 3. The molecule has 36 heavy (non-hydrogen) atoms. The molecule has 2 N–H and O–H groups in total. The van der Waals surface area contributed by atoms with Crippen molar-refractivity contribution in [3.05, 3.63) is 60.2 Å². The summed E-state index contributed by atoms with van der Waals surface area (Å²) >= 11 is 0. The average Bonchev–Trinajstić information content (AvgIpc) is 2.85. The molecule has 3 rings (SSSR count). The molecule has 0 radical (unpaired) electrons. The largest absolute Gasteiger partial charge is 0.551 e. The molecular formula is C25H34BN5O5. The molecule has 1 saturated heterocycles. The van der Waals surface area contributed by atoms with E-state index in [1.165, 1.54) is 18.6 Å². The van der Waals surface area contributed by atoms with Crippen molar-refractivity contribution in [2.75, 3.05) is 20.2 Å². The van der Waals surface area contributed by atoms with Crippen LogP contribution < -0.4 is 10.6 Å². The minimum absolute atomic E-state index is 0.00727. The zero-order chi connectivity index (χ0) is 26.1. The standard InChI is InChI=1S/C25H34BN5O5/c1-17(2)12-22(26-35-16-18(3)31(4)15-23(32)36-26)30-24(33)20(13-19-8-6-5-7-9-19)29-25(34)21-14-27-10-11-28-21/h5-11,14,17-18,20,22H,12-13,15-16H2,1-4H3,(H,29,34)(H,30,33)/t18?,20?,22-/m0/s1. The van der Waals surface area contributed by atoms with E-state index in [-0.39, 0.29) is 30.6 Å². The maximum atomic E-state index is 13.5. The van der Waals surface area contributed by atoms with Crippen LogP contribution in [0.25, 0.3) is 0 Å². The third-order valence-electron chi connectivity index (χ3n) is 5.96. The van der Waals surface area contributed by atoms with Gasteiger partial charge in [-0.2, -0.15) is 0 Å². The van der Waals surface area contributed by atoms with Crippen LogP contribution in [0.15, 0.2) is 48.9 Å². The van der Waals surface area contributed by atoms with E-state index in [2.05, 4.69) is 20.6 Å². The number of rotatable bonds is 9. The summed E-state index contributed by atoms with van der Waals surface area (Å²) in [5.41, 5.74) is 0.987. The van der Waals surface area contributed by atoms with Crippen molar-refractivity contribution in [2.24, 2.45) is 5.92 Å². The lowest BCUT2D eigenvalue weighted by Gasteiger charge is -2.32. The molecule has 3 atom stereocenters. The van der Waals surface area contributed by atoms with Crippen LogP contribution >= 0.6 is 0 Å². The molecule has 2 heterocycles. The van der Waals surface area contributed by atoms with E-state index in [1.54, 1.807) is 0 Å². The Balaban J connectivity index is 1.80. The minimum Gasteiger partial charge on any atom is -0.507 e. The summed E-state index contributed by atoms with van der Waals surface area (Å²) in [5.74, 6) is -1.75. The molecule has 2 unspecified atom stereocenters. The molecule has 10 nitrogen and oxygen atoms in total. The van der Waals surface area contributed by atoms with E-state index in [1.807, 2.05) is 63.1 Å². The van der Waals surface area contributed by atoms with Crippen molar-refractivity contribution in [3.63, 3.8) is 0 Å². The van der Waals surface area contributed by atoms with Gasteiger partial charge in [0.15, 0.2) is 0 Å². The Morgan fingerprint density at radius 1 is 1.19 bits per heavy atom. The zero-order valence-electron chi connectivity index (χ0n) is 21.2. The summed E-state index contributed by atoms with van der Waals surface area (Å²) < 4.78 is 11.5. The second-order valence-electron chi connectivity index (χ2n) is 9.51. The van der Waals surface area contributed by atoms with Gasteiger partial charge in [0.2, 0.25) is 5.91 Å². The SMILES string of the molecule is CC(C)C[C@H](NC(=O)C(Cc1ccccc1)NC(=O)c1cnccn1)B1OCC(C)N(C)CC(=O)O1. The molecule has 192 valence electrons. The summed E-state index contributed by atoms with van der Waals surface area (Å²) in [7, 11) is 0.893.